The molecule has 0 radical (unpaired) electrons. The SMILES string of the molecule is COc1ccc([C@@H]2CC(=O)C3=C(C2)N=C(C)C(C(=O)OCc2ccccc2)[C@@H]3c2ccc3c(c2)OCO3)cc1. The minimum Gasteiger partial charge on any atom is -0.497 e. The largest absolute Gasteiger partial charge is 0.497 e. The lowest BCUT2D eigenvalue weighted by atomic mass is 9.69. The normalized spacial score (nSPS) is 21.7. The number of allylic oxidation sites excluding steroid dienone is 2. The zero-order valence-electron chi connectivity index (χ0n) is 21.9. The molecule has 3 aliphatic rings. The molecular weight excluding hydrogens is 494 g/mol. The number of carbonyl (C=O) groups is 2. The molecule has 0 fully saturated rings. The quantitative estimate of drug-likeness (QED) is 0.383. The molecule has 0 aromatic heterocycles. The number of fused-ring (bicyclic) bond motifs is 1. The van der Waals surface area contributed by atoms with E-state index >= 15 is 0 Å². The van der Waals surface area contributed by atoms with Crippen molar-refractivity contribution in [1.29, 1.82) is 0 Å². The number of Topliss-reactive ketones (excluding diaryl/α,β-unsaturated/α-hetero) is 1. The fraction of sp³-hybridized carbons (Fsp3) is 0.281. The molecule has 3 aromatic carbocycles. The molecule has 0 saturated carbocycles. The molecule has 1 aliphatic carbocycles. The molecule has 39 heavy (non-hydrogen) atoms. The summed E-state index contributed by atoms with van der Waals surface area (Å²) in [5.41, 5.74) is 4.72. The summed E-state index contributed by atoms with van der Waals surface area (Å²) in [6, 6.07) is 23.0. The number of hydrogen-bond acceptors (Lipinski definition) is 7. The fourth-order valence-electron chi connectivity index (χ4n) is 5.76. The second-order valence-corrected chi connectivity index (χ2v) is 10.1. The first kappa shape index (κ1) is 24.9. The summed E-state index contributed by atoms with van der Waals surface area (Å²) in [5.74, 6) is 0.354. The van der Waals surface area contributed by atoms with Gasteiger partial charge in [-0.3, -0.25) is 14.6 Å². The molecule has 0 saturated heterocycles. The van der Waals surface area contributed by atoms with E-state index in [1.807, 2.05) is 79.7 Å². The number of ketones is 1. The number of hydrogen-bond donors (Lipinski definition) is 0. The van der Waals surface area contributed by atoms with Crippen LogP contribution in [-0.2, 0) is 20.9 Å². The fourth-order valence-corrected chi connectivity index (χ4v) is 5.76. The van der Waals surface area contributed by atoms with Gasteiger partial charge in [0, 0.05) is 29.3 Å². The Morgan fingerprint density at radius 1 is 0.949 bits per heavy atom. The van der Waals surface area contributed by atoms with Gasteiger partial charge in [0.05, 0.1) is 7.11 Å². The maximum Gasteiger partial charge on any atom is 0.315 e. The lowest BCUT2D eigenvalue weighted by molar-refractivity contribution is -0.148. The number of methoxy groups -OCH3 is 1. The predicted octanol–water partition coefficient (Wildman–Crippen LogP) is 5.74. The Bertz CT molecular complexity index is 1470. The standard InChI is InChI=1S/C32H29NO6/c1-19-29(32(35)37-17-20-6-4-3-5-7-20)30(22-10-13-27-28(16-22)39-18-38-27)31-25(33-19)14-23(15-26(31)34)21-8-11-24(36-2)12-9-21/h3-13,16,23,29-30H,14-15,17-18H2,1-2H3/t23-,29?,30-/m0/s1. The summed E-state index contributed by atoms with van der Waals surface area (Å²) in [6.45, 7) is 2.14. The molecule has 3 aromatic rings. The first-order valence-corrected chi connectivity index (χ1v) is 13.1. The monoisotopic (exact) mass is 523 g/mol. The van der Waals surface area contributed by atoms with E-state index in [9.17, 15) is 9.59 Å². The summed E-state index contributed by atoms with van der Waals surface area (Å²) in [6.07, 6.45) is 0.949. The van der Waals surface area contributed by atoms with Crippen LogP contribution < -0.4 is 14.2 Å². The van der Waals surface area contributed by atoms with Crippen molar-refractivity contribution in [3.63, 3.8) is 0 Å². The minimum absolute atomic E-state index is 0.00214. The number of rotatable bonds is 6. The molecule has 3 atom stereocenters. The predicted molar refractivity (Wildman–Crippen MR) is 145 cm³/mol. The summed E-state index contributed by atoms with van der Waals surface area (Å²) in [7, 11) is 1.63. The topological polar surface area (TPSA) is 83.4 Å². The molecule has 7 heteroatoms. The van der Waals surface area contributed by atoms with Gasteiger partial charge in [0.15, 0.2) is 17.3 Å². The van der Waals surface area contributed by atoms with E-state index in [0.717, 1.165) is 28.1 Å². The Kier molecular flexibility index (Phi) is 6.65. The lowest BCUT2D eigenvalue weighted by Gasteiger charge is -2.36. The number of carbonyl (C=O) groups excluding carboxylic acids is 2. The van der Waals surface area contributed by atoms with Gasteiger partial charge in [0.25, 0.3) is 0 Å². The van der Waals surface area contributed by atoms with Crippen LogP contribution >= 0.6 is 0 Å². The Morgan fingerprint density at radius 3 is 2.46 bits per heavy atom. The van der Waals surface area contributed by atoms with Gasteiger partial charge < -0.3 is 18.9 Å². The molecule has 2 aliphatic heterocycles. The summed E-state index contributed by atoms with van der Waals surface area (Å²) >= 11 is 0. The third-order valence-electron chi connectivity index (χ3n) is 7.71. The maximum atomic E-state index is 13.8. The highest BCUT2D eigenvalue weighted by Crippen LogP contribution is 2.48. The van der Waals surface area contributed by atoms with Crippen LogP contribution in [0.25, 0.3) is 0 Å². The van der Waals surface area contributed by atoms with Gasteiger partial charge in [-0.05, 0) is 60.2 Å². The molecule has 0 amide bonds. The van der Waals surface area contributed by atoms with Crippen LogP contribution in [0.4, 0.5) is 0 Å². The third-order valence-corrected chi connectivity index (χ3v) is 7.71. The highest BCUT2D eigenvalue weighted by Gasteiger charge is 2.45. The lowest BCUT2D eigenvalue weighted by Crippen LogP contribution is -2.38. The van der Waals surface area contributed by atoms with E-state index in [-0.39, 0.29) is 25.1 Å². The third kappa shape index (κ3) is 4.80. The van der Waals surface area contributed by atoms with Gasteiger partial charge in [-0.25, -0.2) is 0 Å². The molecule has 1 unspecified atom stereocenters. The van der Waals surface area contributed by atoms with E-state index < -0.39 is 17.8 Å². The summed E-state index contributed by atoms with van der Waals surface area (Å²) in [5, 5.41) is 0. The number of ether oxygens (including phenoxy) is 4. The van der Waals surface area contributed by atoms with Crippen molar-refractivity contribution in [3.05, 3.63) is 101 Å². The van der Waals surface area contributed by atoms with E-state index in [1.165, 1.54) is 0 Å². The molecule has 198 valence electrons. The molecular formula is C32H29NO6. The van der Waals surface area contributed by atoms with Crippen molar-refractivity contribution in [1.82, 2.24) is 0 Å². The average molecular weight is 524 g/mol. The first-order valence-electron chi connectivity index (χ1n) is 13.1. The van der Waals surface area contributed by atoms with Crippen LogP contribution in [0.3, 0.4) is 0 Å². The van der Waals surface area contributed by atoms with Gasteiger partial charge in [0.2, 0.25) is 6.79 Å². The molecule has 6 rings (SSSR count). The van der Waals surface area contributed by atoms with E-state index in [0.29, 0.717) is 35.6 Å². The highest BCUT2D eigenvalue weighted by atomic mass is 16.7. The highest BCUT2D eigenvalue weighted by molar-refractivity contribution is 6.09. The van der Waals surface area contributed by atoms with Gasteiger partial charge in [-0.2, -0.15) is 0 Å². The number of nitrogens with zero attached hydrogens (tertiary/aromatic N) is 1. The van der Waals surface area contributed by atoms with E-state index in [4.69, 9.17) is 23.9 Å². The number of benzene rings is 3. The molecule has 0 bridgehead atoms. The average Bonchev–Trinajstić information content (AvgIpc) is 3.44. The van der Waals surface area contributed by atoms with Crippen molar-refractivity contribution in [2.24, 2.45) is 10.9 Å². The van der Waals surface area contributed by atoms with Crippen LogP contribution in [0.15, 0.2) is 89.1 Å². The smallest absolute Gasteiger partial charge is 0.315 e. The van der Waals surface area contributed by atoms with Gasteiger partial charge in [-0.15, -0.1) is 0 Å². The second-order valence-electron chi connectivity index (χ2n) is 10.1. The van der Waals surface area contributed by atoms with Crippen LogP contribution in [0.5, 0.6) is 17.2 Å². The van der Waals surface area contributed by atoms with Crippen LogP contribution in [0.1, 0.15) is 48.3 Å². The Labute approximate surface area is 227 Å². The number of esters is 1. The summed E-state index contributed by atoms with van der Waals surface area (Å²) in [4.78, 5) is 32.3. The van der Waals surface area contributed by atoms with Gasteiger partial charge >= 0.3 is 5.97 Å². The van der Waals surface area contributed by atoms with E-state index in [1.54, 1.807) is 7.11 Å². The van der Waals surface area contributed by atoms with Crippen LogP contribution in [-0.4, -0.2) is 31.4 Å². The van der Waals surface area contributed by atoms with Crippen molar-refractivity contribution in [2.45, 2.75) is 38.2 Å². The maximum absolute atomic E-state index is 13.8. The zero-order chi connectivity index (χ0) is 26.9. The van der Waals surface area contributed by atoms with Gasteiger partial charge in [0.1, 0.15) is 18.3 Å². The van der Waals surface area contributed by atoms with Crippen molar-refractivity contribution in [2.75, 3.05) is 13.9 Å². The molecule has 2 heterocycles. The molecule has 0 spiro atoms. The second kappa shape index (κ2) is 10.4. The van der Waals surface area contributed by atoms with Crippen LogP contribution in [0, 0.1) is 5.92 Å². The zero-order valence-corrected chi connectivity index (χ0v) is 21.9. The Balaban J connectivity index is 1.36. The first-order chi connectivity index (χ1) is 19.0. The van der Waals surface area contributed by atoms with Crippen molar-refractivity contribution >= 4 is 17.5 Å². The van der Waals surface area contributed by atoms with Crippen molar-refractivity contribution < 1.29 is 28.5 Å². The summed E-state index contributed by atoms with van der Waals surface area (Å²) < 4.78 is 22.2. The Hall–Kier alpha value is -4.39. The Morgan fingerprint density at radius 2 is 1.69 bits per heavy atom. The molecule has 7 nitrogen and oxygen atoms in total. The minimum atomic E-state index is -0.727. The van der Waals surface area contributed by atoms with Crippen molar-refractivity contribution in [3.8, 4) is 17.2 Å². The molecule has 0 N–H and O–H groups in total. The van der Waals surface area contributed by atoms with E-state index in [2.05, 4.69) is 0 Å². The van der Waals surface area contributed by atoms with Crippen LogP contribution in [0.2, 0.25) is 0 Å². The number of aliphatic imine (C=N–C) groups is 1. The van der Waals surface area contributed by atoms with Gasteiger partial charge in [-0.1, -0.05) is 48.5 Å².